The van der Waals surface area contributed by atoms with Crippen molar-refractivity contribution in [3.8, 4) is 27.9 Å². The molecule has 2 nitrogen and oxygen atoms in total. The Labute approximate surface area is 323 Å². The zero-order chi connectivity index (χ0) is 36.3. The van der Waals surface area contributed by atoms with Crippen LogP contribution in [0.1, 0.15) is 0 Å². The van der Waals surface area contributed by atoms with Crippen LogP contribution in [0, 0.1) is 0 Å². The summed E-state index contributed by atoms with van der Waals surface area (Å²) in [6, 6.07) is 75.1. The molecule has 0 bridgehead atoms. The molecule has 0 amide bonds. The molecular formula is C52H34N2S. The minimum atomic E-state index is 1.13. The van der Waals surface area contributed by atoms with Crippen LogP contribution >= 0.6 is 11.3 Å². The van der Waals surface area contributed by atoms with E-state index in [9.17, 15) is 0 Å². The summed E-state index contributed by atoms with van der Waals surface area (Å²) in [6.45, 7) is 0. The Bertz CT molecular complexity index is 3190. The second-order valence-corrected chi connectivity index (χ2v) is 15.2. The highest BCUT2D eigenvalue weighted by molar-refractivity contribution is 7.26. The molecule has 258 valence electrons. The van der Waals surface area contributed by atoms with E-state index >= 15 is 0 Å². The summed E-state index contributed by atoms with van der Waals surface area (Å²) in [4.78, 5) is 2.42. The van der Waals surface area contributed by atoms with Crippen molar-refractivity contribution in [2.45, 2.75) is 0 Å². The van der Waals surface area contributed by atoms with Crippen LogP contribution in [0.4, 0.5) is 17.1 Å². The molecule has 2 aromatic heterocycles. The highest BCUT2D eigenvalue weighted by Gasteiger charge is 2.19. The summed E-state index contributed by atoms with van der Waals surface area (Å²) < 4.78 is 4.99. The van der Waals surface area contributed by atoms with Gasteiger partial charge >= 0.3 is 0 Å². The average molecular weight is 719 g/mol. The number of para-hydroxylation sites is 1. The van der Waals surface area contributed by atoms with Crippen molar-refractivity contribution in [2.24, 2.45) is 0 Å². The van der Waals surface area contributed by atoms with Crippen molar-refractivity contribution in [3.05, 3.63) is 206 Å². The van der Waals surface area contributed by atoms with E-state index in [2.05, 4.69) is 216 Å². The molecule has 0 N–H and O–H groups in total. The highest BCUT2D eigenvalue weighted by Crippen LogP contribution is 2.45. The van der Waals surface area contributed by atoms with Crippen LogP contribution < -0.4 is 4.90 Å². The number of nitrogens with zero attached hydrogens (tertiary/aromatic N) is 2. The fourth-order valence-corrected chi connectivity index (χ4v) is 9.52. The first-order chi connectivity index (χ1) is 27.3. The third kappa shape index (κ3) is 5.32. The Morgan fingerprint density at radius 3 is 1.84 bits per heavy atom. The average Bonchev–Trinajstić information content (AvgIpc) is 3.80. The lowest BCUT2D eigenvalue weighted by molar-refractivity contribution is 1.18. The van der Waals surface area contributed by atoms with Crippen molar-refractivity contribution in [3.63, 3.8) is 0 Å². The maximum atomic E-state index is 2.42. The Hall–Kier alpha value is -6.94. The molecule has 0 aliphatic heterocycles. The van der Waals surface area contributed by atoms with Gasteiger partial charge < -0.3 is 9.47 Å². The second-order valence-electron chi connectivity index (χ2n) is 14.2. The SMILES string of the molecule is c1ccc(-c2ccc(-n3c4ccccc4c4cc(-c5ccc(N(c6ccc7ccccc7c6)c6cccc7c6sc6ccccc67)cc5)ccc43)cc2)cc1. The number of benzene rings is 9. The van der Waals surface area contributed by atoms with E-state index in [0.717, 1.165) is 17.1 Å². The second kappa shape index (κ2) is 12.9. The third-order valence-electron chi connectivity index (χ3n) is 11.0. The van der Waals surface area contributed by atoms with Crippen LogP contribution in [0.2, 0.25) is 0 Å². The number of hydrogen-bond donors (Lipinski definition) is 0. The van der Waals surface area contributed by atoms with E-state index < -0.39 is 0 Å². The summed E-state index contributed by atoms with van der Waals surface area (Å²) in [7, 11) is 0. The fourth-order valence-electron chi connectivity index (χ4n) is 8.32. The van der Waals surface area contributed by atoms with E-state index in [-0.39, 0.29) is 0 Å². The third-order valence-corrected chi connectivity index (χ3v) is 12.2. The van der Waals surface area contributed by atoms with E-state index in [1.807, 2.05) is 11.3 Å². The molecule has 55 heavy (non-hydrogen) atoms. The summed E-state index contributed by atoms with van der Waals surface area (Å²) in [5, 5.41) is 7.56. The van der Waals surface area contributed by atoms with Crippen LogP contribution in [-0.4, -0.2) is 4.57 Å². The number of hydrogen-bond acceptors (Lipinski definition) is 2. The molecule has 11 aromatic rings. The molecule has 0 unspecified atom stereocenters. The molecule has 0 aliphatic carbocycles. The number of aromatic nitrogens is 1. The minimum Gasteiger partial charge on any atom is -0.309 e. The van der Waals surface area contributed by atoms with Crippen molar-refractivity contribution in [1.29, 1.82) is 0 Å². The Morgan fingerprint density at radius 2 is 0.982 bits per heavy atom. The van der Waals surface area contributed by atoms with Gasteiger partial charge in [0.1, 0.15) is 0 Å². The number of rotatable bonds is 6. The maximum absolute atomic E-state index is 2.42. The van der Waals surface area contributed by atoms with Crippen molar-refractivity contribution < 1.29 is 0 Å². The van der Waals surface area contributed by atoms with Gasteiger partial charge in [-0.25, -0.2) is 0 Å². The molecule has 0 saturated heterocycles. The van der Waals surface area contributed by atoms with Gasteiger partial charge in [0.15, 0.2) is 0 Å². The molecule has 0 saturated carbocycles. The number of anilines is 3. The molecular weight excluding hydrogens is 685 g/mol. The summed E-state index contributed by atoms with van der Waals surface area (Å²) in [6.07, 6.45) is 0. The highest BCUT2D eigenvalue weighted by atomic mass is 32.1. The van der Waals surface area contributed by atoms with Gasteiger partial charge in [-0.3, -0.25) is 0 Å². The number of thiophene rings is 1. The van der Waals surface area contributed by atoms with E-state index in [1.165, 1.54) is 80.7 Å². The largest absolute Gasteiger partial charge is 0.309 e. The summed E-state index contributed by atoms with van der Waals surface area (Å²) in [5.41, 5.74) is 11.9. The molecule has 9 aromatic carbocycles. The van der Waals surface area contributed by atoms with Crippen LogP contribution in [0.15, 0.2) is 206 Å². The van der Waals surface area contributed by atoms with E-state index in [1.54, 1.807) is 0 Å². The zero-order valence-electron chi connectivity index (χ0n) is 29.9. The lowest BCUT2D eigenvalue weighted by Gasteiger charge is -2.26. The Morgan fingerprint density at radius 1 is 0.364 bits per heavy atom. The fraction of sp³-hybridized carbons (Fsp3) is 0. The van der Waals surface area contributed by atoms with Gasteiger partial charge in [0.2, 0.25) is 0 Å². The molecule has 3 heteroatoms. The van der Waals surface area contributed by atoms with E-state index in [4.69, 9.17) is 0 Å². The zero-order valence-corrected chi connectivity index (χ0v) is 30.7. The smallest absolute Gasteiger partial charge is 0.0640 e. The summed E-state index contributed by atoms with van der Waals surface area (Å²) >= 11 is 1.87. The van der Waals surface area contributed by atoms with Gasteiger partial charge in [0.25, 0.3) is 0 Å². The topological polar surface area (TPSA) is 8.17 Å². The molecule has 0 fully saturated rings. The van der Waals surface area contributed by atoms with Crippen molar-refractivity contribution in [2.75, 3.05) is 4.90 Å². The molecule has 0 aliphatic rings. The van der Waals surface area contributed by atoms with Crippen LogP contribution in [-0.2, 0) is 0 Å². The van der Waals surface area contributed by atoms with Crippen molar-refractivity contribution >= 4 is 81.1 Å². The minimum absolute atomic E-state index is 1.13. The quantitative estimate of drug-likeness (QED) is 0.166. The van der Waals surface area contributed by atoms with Gasteiger partial charge in [0, 0.05) is 43.3 Å². The van der Waals surface area contributed by atoms with Gasteiger partial charge in [0.05, 0.1) is 21.4 Å². The molecule has 0 atom stereocenters. The van der Waals surface area contributed by atoms with Gasteiger partial charge in [-0.15, -0.1) is 11.3 Å². The molecule has 2 heterocycles. The lowest BCUT2D eigenvalue weighted by atomic mass is 10.0. The monoisotopic (exact) mass is 718 g/mol. The predicted octanol–water partition coefficient (Wildman–Crippen LogP) is 15.1. The van der Waals surface area contributed by atoms with Crippen LogP contribution in [0.25, 0.3) is 80.7 Å². The molecule has 0 radical (unpaired) electrons. The van der Waals surface area contributed by atoms with Gasteiger partial charge in [-0.05, 0) is 99.8 Å². The van der Waals surface area contributed by atoms with Crippen LogP contribution in [0.3, 0.4) is 0 Å². The maximum Gasteiger partial charge on any atom is 0.0640 e. The predicted molar refractivity (Wildman–Crippen MR) is 237 cm³/mol. The standard InChI is InChI=1S/C52H34N2S/c1-2-11-35(12-3-1)37-21-29-42(30-22-37)54-48-18-8-6-15-44(48)47-34-40(26-32-49(47)54)38-23-27-41(28-24-38)53(43-31-25-36-13-4-5-14-39(36)33-43)50-19-10-17-46-45-16-7-9-20-51(45)55-52(46)50/h1-34H. The van der Waals surface area contributed by atoms with Crippen molar-refractivity contribution in [1.82, 2.24) is 4.57 Å². The first-order valence-electron chi connectivity index (χ1n) is 18.8. The first kappa shape index (κ1) is 31.6. The normalized spacial score (nSPS) is 11.6. The lowest BCUT2D eigenvalue weighted by Crippen LogP contribution is -2.10. The Balaban J connectivity index is 1.01. The van der Waals surface area contributed by atoms with Gasteiger partial charge in [-0.2, -0.15) is 0 Å². The van der Waals surface area contributed by atoms with Gasteiger partial charge in [-0.1, -0.05) is 140 Å². The first-order valence-corrected chi connectivity index (χ1v) is 19.6. The molecule has 11 rings (SSSR count). The summed E-state index contributed by atoms with van der Waals surface area (Å²) in [5.74, 6) is 0. The Kier molecular flexibility index (Phi) is 7.39. The molecule has 0 spiro atoms. The van der Waals surface area contributed by atoms with E-state index in [0.29, 0.717) is 0 Å². The number of fused-ring (bicyclic) bond motifs is 7. The van der Waals surface area contributed by atoms with Crippen LogP contribution in [0.5, 0.6) is 0 Å².